The Morgan fingerprint density at radius 3 is 2.90 bits per heavy atom. The predicted molar refractivity (Wildman–Crippen MR) is 81.9 cm³/mol. The Kier molecular flexibility index (Phi) is 3.57. The molecule has 1 amide bonds. The van der Waals surface area contributed by atoms with Crippen molar-refractivity contribution in [2.24, 2.45) is 0 Å². The van der Waals surface area contributed by atoms with Crippen LogP contribution in [0, 0.1) is 13.8 Å². The Labute approximate surface area is 123 Å². The molecule has 0 bridgehead atoms. The van der Waals surface area contributed by atoms with Gasteiger partial charge in [0, 0.05) is 16.5 Å². The van der Waals surface area contributed by atoms with Crippen molar-refractivity contribution < 1.29 is 4.79 Å². The zero-order valence-electron chi connectivity index (χ0n) is 11.8. The summed E-state index contributed by atoms with van der Waals surface area (Å²) in [6.45, 7) is 4.06. The second kappa shape index (κ2) is 5.37. The average Bonchev–Trinajstić information content (AvgIpc) is 3.13. The van der Waals surface area contributed by atoms with E-state index in [1.807, 2.05) is 13.0 Å². The standard InChI is InChI=1S/C16H18N2OS/c1-10-4-3-5-12(8-10)16-17-11(2)14(20-16)9-15(19)18-13-6-7-13/h3-5,8,13H,6-7,9H2,1-2H3,(H,18,19). The van der Waals surface area contributed by atoms with Gasteiger partial charge in [-0.1, -0.05) is 23.8 Å². The van der Waals surface area contributed by atoms with E-state index >= 15 is 0 Å². The van der Waals surface area contributed by atoms with Gasteiger partial charge < -0.3 is 5.32 Å². The molecule has 0 atom stereocenters. The minimum atomic E-state index is 0.120. The summed E-state index contributed by atoms with van der Waals surface area (Å²) in [6, 6.07) is 8.74. The van der Waals surface area contributed by atoms with Gasteiger partial charge in [0.15, 0.2) is 0 Å². The van der Waals surface area contributed by atoms with Crippen molar-refractivity contribution in [3.8, 4) is 10.6 Å². The summed E-state index contributed by atoms with van der Waals surface area (Å²) in [7, 11) is 0. The third kappa shape index (κ3) is 3.07. The van der Waals surface area contributed by atoms with Crippen LogP contribution in [-0.4, -0.2) is 16.9 Å². The van der Waals surface area contributed by atoms with Gasteiger partial charge in [-0.3, -0.25) is 4.79 Å². The largest absolute Gasteiger partial charge is 0.353 e. The van der Waals surface area contributed by atoms with Gasteiger partial charge in [0.1, 0.15) is 5.01 Å². The van der Waals surface area contributed by atoms with Gasteiger partial charge in [-0.25, -0.2) is 4.98 Å². The van der Waals surface area contributed by atoms with Crippen LogP contribution in [0.25, 0.3) is 10.6 Å². The fourth-order valence-electron chi connectivity index (χ4n) is 2.15. The van der Waals surface area contributed by atoms with E-state index < -0.39 is 0 Å². The molecule has 1 aromatic carbocycles. The van der Waals surface area contributed by atoms with E-state index in [1.165, 1.54) is 5.56 Å². The first-order chi connectivity index (χ1) is 9.61. The summed E-state index contributed by atoms with van der Waals surface area (Å²) in [5.41, 5.74) is 3.33. The van der Waals surface area contributed by atoms with Crippen LogP contribution in [0.1, 0.15) is 29.0 Å². The highest BCUT2D eigenvalue weighted by Gasteiger charge is 2.24. The monoisotopic (exact) mass is 286 g/mol. The first-order valence-corrected chi connectivity index (χ1v) is 7.76. The van der Waals surface area contributed by atoms with Gasteiger partial charge in [0.2, 0.25) is 5.91 Å². The molecule has 1 aliphatic rings. The number of benzene rings is 1. The van der Waals surface area contributed by atoms with E-state index in [9.17, 15) is 4.79 Å². The van der Waals surface area contributed by atoms with Crippen LogP contribution < -0.4 is 5.32 Å². The highest BCUT2D eigenvalue weighted by Crippen LogP contribution is 2.29. The Morgan fingerprint density at radius 2 is 2.20 bits per heavy atom. The SMILES string of the molecule is Cc1cccc(-c2nc(C)c(CC(=O)NC3CC3)s2)c1. The smallest absolute Gasteiger partial charge is 0.225 e. The van der Waals surface area contributed by atoms with Crippen molar-refractivity contribution in [3.63, 3.8) is 0 Å². The van der Waals surface area contributed by atoms with Crippen molar-refractivity contribution in [1.29, 1.82) is 0 Å². The Balaban J connectivity index is 1.77. The van der Waals surface area contributed by atoms with Crippen LogP contribution in [0.4, 0.5) is 0 Å². The first-order valence-electron chi connectivity index (χ1n) is 6.94. The van der Waals surface area contributed by atoms with Gasteiger partial charge in [-0.05, 0) is 32.8 Å². The zero-order valence-corrected chi connectivity index (χ0v) is 12.6. The fourth-order valence-corrected chi connectivity index (χ4v) is 3.20. The molecule has 4 heteroatoms. The molecule has 0 spiro atoms. The third-order valence-corrected chi connectivity index (χ3v) is 4.63. The normalized spacial score (nSPS) is 14.3. The van der Waals surface area contributed by atoms with Crippen molar-refractivity contribution in [2.75, 3.05) is 0 Å². The first kappa shape index (κ1) is 13.3. The van der Waals surface area contributed by atoms with Crippen molar-refractivity contribution in [2.45, 2.75) is 39.2 Å². The minimum Gasteiger partial charge on any atom is -0.353 e. The van der Waals surface area contributed by atoms with Gasteiger partial charge in [-0.2, -0.15) is 0 Å². The number of aromatic nitrogens is 1. The van der Waals surface area contributed by atoms with Crippen molar-refractivity contribution in [3.05, 3.63) is 40.4 Å². The number of hydrogen-bond donors (Lipinski definition) is 1. The lowest BCUT2D eigenvalue weighted by molar-refractivity contribution is -0.120. The second-order valence-corrected chi connectivity index (χ2v) is 6.50. The molecule has 3 nitrogen and oxygen atoms in total. The number of amides is 1. The van der Waals surface area contributed by atoms with E-state index in [-0.39, 0.29) is 5.91 Å². The molecule has 1 fully saturated rings. The Morgan fingerprint density at radius 1 is 1.40 bits per heavy atom. The molecule has 104 valence electrons. The number of nitrogens with one attached hydrogen (secondary N) is 1. The molecular formula is C16H18N2OS. The van der Waals surface area contributed by atoms with E-state index in [0.717, 1.165) is 34.0 Å². The minimum absolute atomic E-state index is 0.120. The molecule has 1 N–H and O–H groups in total. The molecule has 1 aromatic heterocycles. The summed E-state index contributed by atoms with van der Waals surface area (Å²) >= 11 is 1.63. The van der Waals surface area contributed by atoms with Gasteiger partial charge in [0.05, 0.1) is 12.1 Å². The van der Waals surface area contributed by atoms with Crippen LogP contribution in [-0.2, 0) is 11.2 Å². The van der Waals surface area contributed by atoms with Crippen LogP contribution in [0.2, 0.25) is 0 Å². The molecule has 20 heavy (non-hydrogen) atoms. The highest BCUT2D eigenvalue weighted by atomic mass is 32.1. The molecule has 0 radical (unpaired) electrons. The molecule has 3 rings (SSSR count). The van der Waals surface area contributed by atoms with Crippen LogP contribution in [0.15, 0.2) is 24.3 Å². The van der Waals surface area contributed by atoms with Gasteiger partial charge in [0.25, 0.3) is 0 Å². The number of hydrogen-bond acceptors (Lipinski definition) is 3. The zero-order chi connectivity index (χ0) is 14.1. The number of nitrogens with zero attached hydrogens (tertiary/aromatic N) is 1. The van der Waals surface area contributed by atoms with E-state index in [2.05, 4.69) is 35.4 Å². The number of rotatable bonds is 4. The predicted octanol–water partition coefficient (Wildman–Crippen LogP) is 3.25. The van der Waals surface area contributed by atoms with Gasteiger partial charge in [-0.15, -0.1) is 11.3 Å². The maximum absolute atomic E-state index is 11.9. The number of carbonyl (C=O) groups is 1. The van der Waals surface area contributed by atoms with Gasteiger partial charge >= 0.3 is 0 Å². The van der Waals surface area contributed by atoms with Crippen LogP contribution in [0.3, 0.4) is 0 Å². The Bertz CT molecular complexity index is 644. The highest BCUT2D eigenvalue weighted by molar-refractivity contribution is 7.15. The van der Waals surface area contributed by atoms with Crippen molar-refractivity contribution in [1.82, 2.24) is 10.3 Å². The van der Waals surface area contributed by atoms with Crippen LogP contribution >= 0.6 is 11.3 Å². The second-order valence-electron chi connectivity index (χ2n) is 5.42. The number of thiazole rings is 1. The lowest BCUT2D eigenvalue weighted by atomic mass is 10.1. The van der Waals surface area contributed by atoms with E-state index in [4.69, 9.17) is 0 Å². The lowest BCUT2D eigenvalue weighted by Crippen LogP contribution is -2.26. The fraction of sp³-hybridized carbons (Fsp3) is 0.375. The molecule has 1 heterocycles. The maximum atomic E-state index is 11.9. The summed E-state index contributed by atoms with van der Waals surface area (Å²) in [4.78, 5) is 17.6. The summed E-state index contributed by atoms with van der Waals surface area (Å²) in [6.07, 6.45) is 2.70. The molecule has 0 aliphatic heterocycles. The average molecular weight is 286 g/mol. The topological polar surface area (TPSA) is 42.0 Å². The molecule has 2 aromatic rings. The van der Waals surface area contributed by atoms with E-state index in [1.54, 1.807) is 11.3 Å². The summed E-state index contributed by atoms with van der Waals surface area (Å²) < 4.78 is 0. The summed E-state index contributed by atoms with van der Waals surface area (Å²) in [5, 5.41) is 4.03. The van der Waals surface area contributed by atoms with Crippen molar-refractivity contribution >= 4 is 17.2 Å². The number of carbonyl (C=O) groups excluding carboxylic acids is 1. The molecule has 1 aliphatic carbocycles. The summed E-state index contributed by atoms with van der Waals surface area (Å²) in [5.74, 6) is 0.120. The van der Waals surface area contributed by atoms with E-state index in [0.29, 0.717) is 12.5 Å². The molecule has 0 unspecified atom stereocenters. The Hall–Kier alpha value is -1.68. The number of aryl methyl sites for hydroxylation is 2. The third-order valence-electron chi connectivity index (χ3n) is 3.42. The molecular weight excluding hydrogens is 268 g/mol. The quantitative estimate of drug-likeness (QED) is 0.937. The molecule has 0 saturated heterocycles. The lowest BCUT2D eigenvalue weighted by Gasteiger charge is -2.01. The van der Waals surface area contributed by atoms with Crippen LogP contribution in [0.5, 0.6) is 0 Å². The molecule has 1 saturated carbocycles. The maximum Gasteiger partial charge on any atom is 0.225 e.